The Bertz CT molecular complexity index is 942. The highest BCUT2D eigenvalue weighted by molar-refractivity contribution is 6.68. The summed E-state index contributed by atoms with van der Waals surface area (Å²) in [5, 5.41) is 2.92. The maximum Gasteiger partial charge on any atom is 0.250 e. The number of pyridine rings is 1. The number of nitrogens with zero attached hydrogens (tertiary/aromatic N) is 2. The normalized spacial score (nSPS) is 22.6. The molecule has 0 spiro atoms. The Morgan fingerprint density at radius 2 is 1.83 bits per heavy atom. The van der Waals surface area contributed by atoms with Crippen molar-refractivity contribution in [1.29, 1.82) is 0 Å². The van der Waals surface area contributed by atoms with Crippen molar-refractivity contribution in [2.75, 3.05) is 13.1 Å². The number of likely N-dealkylation sites (tertiary alicyclic amines) is 1. The van der Waals surface area contributed by atoms with Crippen LogP contribution in [-0.4, -0.2) is 38.4 Å². The Labute approximate surface area is 184 Å². The number of amides is 1. The molecular weight excluding hydrogens is 433 g/mol. The summed E-state index contributed by atoms with van der Waals surface area (Å²) < 4.78 is 0.183. The van der Waals surface area contributed by atoms with E-state index in [0.717, 1.165) is 17.7 Å². The number of hydrogen-bond donors (Lipinski definition) is 1. The summed E-state index contributed by atoms with van der Waals surface area (Å²) in [7, 11) is 0. The number of halogens is 3. The summed E-state index contributed by atoms with van der Waals surface area (Å²) in [4.78, 5) is 26.9. The quantitative estimate of drug-likeness (QED) is 0.721. The number of hydrogen-bond acceptors (Lipinski definition) is 3. The van der Waals surface area contributed by atoms with Crippen molar-refractivity contribution in [2.24, 2.45) is 5.92 Å². The number of carbonyl (C=O) groups is 1. The monoisotopic (exact) mass is 453 g/mol. The van der Waals surface area contributed by atoms with Gasteiger partial charge in [0.05, 0.1) is 6.42 Å². The Kier molecular flexibility index (Phi) is 5.94. The zero-order valence-corrected chi connectivity index (χ0v) is 18.0. The van der Waals surface area contributed by atoms with Crippen LogP contribution in [0, 0.1) is 5.92 Å². The number of carbonyl (C=O) groups excluding carboxylic acids is 1. The van der Waals surface area contributed by atoms with Gasteiger partial charge in [-0.1, -0.05) is 71.2 Å². The van der Waals surface area contributed by atoms with Crippen LogP contribution in [0.15, 0.2) is 53.3 Å². The van der Waals surface area contributed by atoms with Crippen molar-refractivity contribution in [2.45, 2.75) is 35.3 Å². The zero-order chi connectivity index (χ0) is 20.6. The van der Waals surface area contributed by atoms with Gasteiger partial charge in [-0.25, -0.2) is 0 Å². The molecule has 1 aromatic heterocycles. The smallest absolute Gasteiger partial charge is 0.250 e. The van der Waals surface area contributed by atoms with E-state index < -0.39 is 9.96 Å². The van der Waals surface area contributed by atoms with Crippen molar-refractivity contribution in [3.05, 3.63) is 70.1 Å². The number of aromatic nitrogens is 1. The topological polar surface area (TPSA) is 54.3 Å². The molecule has 29 heavy (non-hydrogen) atoms. The lowest BCUT2D eigenvalue weighted by atomic mass is 9.83. The van der Waals surface area contributed by atoms with Crippen molar-refractivity contribution in [3.63, 3.8) is 0 Å². The highest BCUT2D eigenvalue weighted by Gasteiger charge is 2.44. The first-order valence-electron chi connectivity index (χ1n) is 9.65. The molecule has 0 saturated carbocycles. The maximum atomic E-state index is 12.6. The van der Waals surface area contributed by atoms with Crippen molar-refractivity contribution >= 4 is 40.7 Å². The third-order valence-electron chi connectivity index (χ3n) is 5.69. The van der Waals surface area contributed by atoms with Crippen LogP contribution in [0.25, 0.3) is 0 Å². The van der Waals surface area contributed by atoms with Crippen LogP contribution >= 0.6 is 34.8 Å². The minimum Gasteiger partial charge on any atom is -0.336 e. The van der Waals surface area contributed by atoms with E-state index in [9.17, 15) is 9.59 Å². The van der Waals surface area contributed by atoms with E-state index in [1.165, 1.54) is 0 Å². The zero-order valence-electron chi connectivity index (χ0n) is 15.7. The Hall–Kier alpha value is -1.53. The summed E-state index contributed by atoms with van der Waals surface area (Å²) in [6.07, 6.45) is 0.470. The molecule has 2 bridgehead atoms. The summed E-state index contributed by atoms with van der Waals surface area (Å²) in [5.41, 5.74) is 1.94. The minimum absolute atomic E-state index is 0.0275. The van der Waals surface area contributed by atoms with Gasteiger partial charge in [-0.3, -0.25) is 14.5 Å². The molecule has 1 fully saturated rings. The van der Waals surface area contributed by atoms with Gasteiger partial charge >= 0.3 is 0 Å². The van der Waals surface area contributed by atoms with Gasteiger partial charge in [0.1, 0.15) is 6.17 Å². The molecule has 1 saturated heterocycles. The third-order valence-corrected chi connectivity index (χ3v) is 6.31. The van der Waals surface area contributed by atoms with Gasteiger partial charge in [0.25, 0.3) is 5.56 Å². The fourth-order valence-electron chi connectivity index (χ4n) is 4.51. The highest BCUT2D eigenvalue weighted by Crippen LogP contribution is 2.39. The van der Waals surface area contributed by atoms with Crippen LogP contribution in [0.3, 0.4) is 0 Å². The number of rotatable bonds is 4. The summed E-state index contributed by atoms with van der Waals surface area (Å²) in [5.74, 6) is 0.236. The molecule has 3 atom stereocenters. The predicted molar refractivity (Wildman–Crippen MR) is 115 cm³/mol. The molecule has 8 heteroatoms. The fourth-order valence-corrected chi connectivity index (χ4v) is 5.09. The van der Waals surface area contributed by atoms with E-state index in [0.29, 0.717) is 19.6 Å². The number of piperidine rings is 1. The lowest BCUT2D eigenvalue weighted by Gasteiger charge is -2.47. The first kappa shape index (κ1) is 20.7. The van der Waals surface area contributed by atoms with E-state index in [2.05, 4.69) is 5.32 Å². The first-order chi connectivity index (χ1) is 13.8. The fraction of sp³-hybridized carbons (Fsp3) is 0.429. The molecule has 1 unspecified atom stereocenters. The standard InChI is InChI=1S/C21H22Cl3N3O2/c22-21(23,24)20(25-18(28)10-14-5-2-1-3-6-14)26-11-15-9-16(13-26)17-7-4-8-19(29)27(17)12-15/h1-8,15-16,20H,9-13H2,(H,25,28)/t15-,16+,20?/m1/s1. The number of benzene rings is 1. The van der Waals surface area contributed by atoms with Gasteiger partial charge < -0.3 is 9.88 Å². The Balaban J connectivity index is 1.53. The van der Waals surface area contributed by atoms with E-state index in [-0.39, 0.29) is 29.7 Å². The van der Waals surface area contributed by atoms with E-state index in [1.807, 2.05) is 45.9 Å². The molecule has 1 amide bonds. The third kappa shape index (κ3) is 4.64. The average molecular weight is 455 g/mol. The molecule has 2 aliphatic rings. The average Bonchev–Trinajstić information content (AvgIpc) is 2.67. The van der Waals surface area contributed by atoms with Crippen molar-refractivity contribution in [1.82, 2.24) is 14.8 Å². The van der Waals surface area contributed by atoms with Crippen LogP contribution in [0.1, 0.15) is 23.6 Å². The molecule has 5 nitrogen and oxygen atoms in total. The molecular formula is C21H22Cl3N3O2. The molecule has 1 aromatic carbocycles. The Morgan fingerprint density at radius 1 is 1.07 bits per heavy atom. The summed E-state index contributed by atoms with van der Waals surface area (Å²) in [6.45, 7) is 1.91. The van der Waals surface area contributed by atoms with Crippen molar-refractivity contribution < 1.29 is 4.79 Å². The maximum absolute atomic E-state index is 12.6. The van der Waals surface area contributed by atoms with Gasteiger partial charge in [0.15, 0.2) is 0 Å². The molecule has 1 N–H and O–H groups in total. The van der Waals surface area contributed by atoms with Gasteiger partial charge in [-0.05, 0) is 24.0 Å². The van der Waals surface area contributed by atoms with E-state index in [4.69, 9.17) is 34.8 Å². The second-order valence-electron chi connectivity index (χ2n) is 7.83. The molecule has 154 valence electrons. The lowest BCUT2D eigenvalue weighted by Crippen LogP contribution is -2.60. The van der Waals surface area contributed by atoms with E-state index in [1.54, 1.807) is 12.1 Å². The van der Waals surface area contributed by atoms with Crippen LogP contribution in [0.5, 0.6) is 0 Å². The first-order valence-corrected chi connectivity index (χ1v) is 10.8. The highest BCUT2D eigenvalue weighted by atomic mass is 35.6. The van der Waals surface area contributed by atoms with Crippen LogP contribution in [0.2, 0.25) is 0 Å². The summed E-state index contributed by atoms with van der Waals surface area (Å²) in [6, 6.07) is 14.8. The largest absolute Gasteiger partial charge is 0.336 e. The second kappa shape index (κ2) is 8.31. The van der Waals surface area contributed by atoms with Gasteiger partial charge in [0.2, 0.25) is 9.70 Å². The van der Waals surface area contributed by atoms with Crippen LogP contribution < -0.4 is 10.9 Å². The number of nitrogens with one attached hydrogen (secondary N) is 1. The molecule has 2 aliphatic heterocycles. The Morgan fingerprint density at radius 3 is 2.55 bits per heavy atom. The number of alkyl halides is 3. The number of fused-ring (bicyclic) bond motifs is 4. The van der Waals surface area contributed by atoms with Crippen LogP contribution in [0.4, 0.5) is 0 Å². The predicted octanol–water partition coefficient (Wildman–Crippen LogP) is 3.32. The minimum atomic E-state index is -1.67. The van der Waals surface area contributed by atoms with Gasteiger partial charge in [-0.15, -0.1) is 0 Å². The molecule has 0 radical (unpaired) electrons. The lowest BCUT2D eigenvalue weighted by molar-refractivity contribution is -0.122. The summed E-state index contributed by atoms with van der Waals surface area (Å²) >= 11 is 18.8. The molecule has 0 aliphatic carbocycles. The molecule has 2 aromatic rings. The van der Waals surface area contributed by atoms with Crippen molar-refractivity contribution in [3.8, 4) is 0 Å². The van der Waals surface area contributed by atoms with E-state index >= 15 is 0 Å². The molecule has 3 heterocycles. The van der Waals surface area contributed by atoms with Crippen LogP contribution in [-0.2, 0) is 17.8 Å². The second-order valence-corrected chi connectivity index (χ2v) is 10.2. The van der Waals surface area contributed by atoms with Gasteiger partial charge in [0, 0.05) is 37.3 Å². The SMILES string of the molecule is O=C(Cc1ccccc1)NC(N1C[C@H]2C[C@@H](C1)c1cccc(=O)n1C2)C(Cl)(Cl)Cl. The van der Waals surface area contributed by atoms with Gasteiger partial charge in [-0.2, -0.15) is 0 Å². The molecule has 4 rings (SSSR count).